The molecule has 1 aromatic rings. The van der Waals surface area contributed by atoms with E-state index in [-0.39, 0.29) is 11.8 Å². The van der Waals surface area contributed by atoms with Crippen molar-refractivity contribution in [3.63, 3.8) is 0 Å². The number of carbonyl (C=O) groups is 2. The monoisotopic (exact) mass is 289 g/mol. The maximum atomic E-state index is 12.2. The van der Waals surface area contributed by atoms with Gasteiger partial charge in [0.15, 0.2) is 0 Å². The Bertz CT molecular complexity index is 508. The van der Waals surface area contributed by atoms with E-state index in [9.17, 15) is 9.59 Å². The van der Waals surface area contributed by atoms with Crippen molar-refractivity contribution in [1.82, 2.24) is 10.2 Å². The number of hydrogen-bond acceptors (Lipinski definition) is 3. The van der Waals surface area contributed by atoms with Gasteiger partial charge in [0, 0.05) is 20.5 Å². The number of anilines is 1. The van der Waals surface area contributed by atoms with Crippen LogP contribution in [-0.4, -0.2) is 43.9 Å². The summed E-state index contributed by atoms with van der Waals surface area (Å²) in [6.07, 6.45) is 2.70. The van der Waals surface area contributed by atoms with E-state index in [1.165, 1.54) is 4.90 Å². The molecule has 2 amide bonds. The number of rotatable bonds is 4. The van der Waals surface area contributed by atoms with E-state index in [0.29, 0.717) is 23.6 Å². The molecule has 1 fully saturated rings. The van der Waals surface area contributed by atoms with E-state index in [0.717, 1.165) is 25.9 Å². The lowest BCUT2D eigenvalue weighted by Crippen LogP contribution is -2.32. The van der Waals surface area contributed by atoms with Crippen molar-refractivity contribution in [2.45, 2.75) is 19.3 Å². The number of carbonyl (C=O) groups excluding carboxylic acids is 2. The Hall–Kier alpha value is -1.88. The zero-order chi connectivity index (χ0) is 15.2. The SMILES string of the molecule is CN(C)C(=O)c1ccccc1NC(=O)CC1CCCNC1. The Balaban J connectivity index is 2.01. The molecular weight excluding hydrogens is 266 g/mol. The average molecular weight is 289 g/mol. The summed E-state index contributed by atoms with van der Waals surface area (Å²) in [5.41, 5.74) is 1.11. The summed E-state index contributed by atoms with van der Waals surface area (Å²) in [5, 5.41) is 6.19. The van der Waals surface area contributed by atoms with Crippen molar-refractivity contribution in [3.8, 4) is 0 Å². The first-order valence-electron chi connectivity index (χ1n) is 7.39. The molecule has 1 atom stereocenters. The van der Waals surface area contributed by atoms with Gasteiger partial charge < -0.3 is 15.5 Å². The maximum Gasteiger partial charge on any atom is 0.255 e. The molecule has 0 aromatic heterocycles. The summed E-state index contributed by atoms with van der Waals surface area (Å²) >= 11 is 0. The predicted molar refractivity (Wildman–Crippen MR) is 83.3 cm³/mol. The van der Waals surface area contributed by atoms with Crippen LogP contribution in [-0.2, 0) is 4.79 Å². The lowest BCUT2D eigenvalue weighted by molar-refractivity contribution is -0.117. The van der Waals surface area contributed by atoms with Gasteiger partial charge in [0.2, 0.25) is 5.91 Å². The number of piperidine rings is 1. The van der Waals surface area contributed by atoms with E-state index in [1.54, 1.807) is 32.3 Å². The molecule has 2 rings (SSSR count). The summed E-state index contributed by atoms with van der Waals surface area (Å²) < 4.78 is 0. The van der Waals surface area contributed by atoms with Gasteiger partial charge in [-0.15, -0.1) is 0 Å². The summed E-state index contributed by atoms with van der Waals surface area (Å²) in [5.74, 6) is 0.253. The van der Waals surface area contributed by atoms with Gasteiger partial charge in [-0.2, -0.15) is 0 Å². The lowest BCUT2D eigenvalue weighted by atomic mass is 9.96. The molecule has 0 bridgehead atoms. The van der Waals surface area contributed by atoms with Gasteiger partial charge in [-0.1, -0.05) is 12.1 Å². The molecule has 0 saturated carbocycles. The first-order chi connectivity index (χ1) is 10.1. The third-order valence-corrected chi connectivity index (χ3v) is 3.71. The quantitative estimate of drug-likeness (QED) is 0.887. The van der Waals surface area contributed by atoms with Crippen LogP contribution in [0.3, 0.4) is 0 Å². The standard InChI is InChI=1S/C16H23N3O2/c1-19(2)16(21)13-7-3-4-8-14(13)18-15(20)10-12-6-5-9-17-11-12/h3-4,7-8,12,17H,5-6,9-11H2,1-2H3,(H,18,20). The van der Waals surface area contributed by atoms with Crippen molar-refractivity contribution >= 4 is 17.5 Å². The van der Waals surface area contributed by atoms with Crippen LogP contribution in [0.1, 0.15) is 29.6 Å². The second-order valence-corrected chi connectivity index (χ2v) is 5.71. The van der Waals surface area contributed by atoms with Crippen molar-refractivity contribution in [2.75, 3.05) is 32.5 Å². The number of nitrogens with one attached hydrogen (secondary N) is 2. The smallest absolute Gasteiger partial charge is 0.255 e. The molecule has 1 heterocycles. The molecule has 0 aliphatic carbocycles. The molecule has 2 N–H and O–H groups in total. The lowest BCUT2D eigenvalue weighted by Gasteiger charge is -2.22. The molecule has 1 aliphatic heterocycles. The molecule has 5 heteroatoms. The van der Waals surface area contributed by atoms with Gasteiger partial charge in [-0.25, -0.2) is 0 Å². The van der Waals surface area contributed by atoms with Crippen molar-refractivity contribution in [1.29, 1.82) is 0 Å². The molecule has 1 aliphatic rings. The minimum atomic E-state index is -0.106. The largest absolute Gasteiger partial charge is 0.345 e. The van der Waals surface area contributed by atoms with Crippen LogP contribution in [0.4, 0.5) is 5.69 Å². The van der Waals surface area contributed by atoms with Crippen LogP contribution in [0.5, 0.6) is 0 Å². The fourth-order valence-corrected chi connectivity index (χ4v) is 2.58. The number of para-hydroxylation sites is 1. The topological polar surface area (TPSA) is 61.4 Å². The van der Waals surface area contributed by atoms with E-state index >= 15 is 0 Å². The third kappa shape index (κ3) is 4.29. The normalized spacial score (nSPS) is 18.1. The van der Waals surface area contributed by atoms with Crippen molar-refractivity contribution in [3.05, 3.63) is 29.8 Å². The molecule has 5 nitrogen and oxygen atoms in total. The third-order valence-electron chi connectivity index (χ3n) is 3.71. The van der Waals surface area contributed by atoms with Gasteiger partial charge in [0.05, 0.1) is 11.3 Å². The predicted octanol–water partition coefficient (Wildman–Crippen LogP) is 1.72. The summed E-state index contributed by atoms with van der Waals surface area (Å²) in [4.78, 5) is 25.8. The Labute approximate surface area is 125 Å². The zero-order valence-corrected chi connectivity index (χ0v) is 12.7. The Morgan fingerprint density at radius 3 is 2.76 bits per heavy atom. The molecule has 1 unspecified atom stereocenters. The highest BCUT2D eigenvalue weighted by molar-refractivity contribution is 6.03. The van der Waals surface area contributed by atoms with Crippen LogP contribution in [0, 0.1) is 5.92 Å². The molecule has 0 radical (unpaired) electrons. The second kappa shape index (κ2) is 7.22. The molecule has 1 saturated heterocycles. The average Bonchev–Trinajstić information content (AvgIpc) is 2.48. The van der Waals surface area contributed by atoms with Crippen LogP contribution >= 0.6 is 0 Å². The maximum absolute atomic E-state index is 12.2. The van der Waals surface area contributed by atoms with Crippen molar-refractivity contribution < 1.29 is 9.59 Å². The van der Waals surface area contributed by atoms with Crippen LogP contribution in [0.15, 0.2) is 24.3 Å². The number of benzene rings is 1. The first-order valence-corrected chi connectivity index (χ1v) is 7.39. The number of hydrogen-bond donors (Lipinski definition) is 2. The molecule has 1 aromatic carbocycles. The van der Waals surface area contributed by atoms with Gasteiger partial charge in [0.1, 0.15) is 0 Å². The Morgan fingerprint density at radius 1 is 1.33 bits per heavy atom. The highest BCUT2D eigenvalue weighted by Gasteiger charge is 2.19. The van der Waals surface area contributed by atoms with Crippen LogP contribution in [0.25, 0.3) is 0 Å². The number of amides is 2. The Kier molecular flexibility index (Phi) is 5.33. The van der Waals surface area contributed by atoms with Gasteiger partial charge in [0.25, 0.3) is 5.91 Å². The van der Waals surface area contributed by atoms with Crippen LogP contribution in [0.2, 0.25) is 0 Å². The summed E-state index contributed by atoms with van der Waals surface area (Å²) in [6, 6.07) is 7.13. The van der Waals surface area contributed by atoms with E-state index < -0.39 is 0 Å². The van der Waals surface area contributed by atoms with E-state index in [1.807, 2.05) is 6.07 Å². The Morgan fingerprint density at radius 2 is 2.10 bits per heavy atom. The molecule has 21 heavy (non-hydrogen) atoms. The fraction of sp³-hybridized carbons (Fsp3) is 0.500. The highest BCUT2D eigenvalue weighted by atomic mass is 16.2. The van der Waals surface area contributed by atoms with Crippen molar-refractivity contribution in [2.24, 2.45) is 5.92 Å². The van der Waals surface area contributed by atoms with Gasteiger partial charge in [-0.05, 0) is 44.0 Å². The second-order valence-electron chi connectivity index (χ2n) is 5.71. The van der Waals surface area contributed by atoms with E-state index in [4.69, 9.17) is 0 Å². The highest BCUT2D eigenvalue weighted by Crippen LogP contribution is 2.19. The fourth-order valence-electron chi connectivity index (χ4n) is 2.58. The molecule has 0 spiro atoms. The van der Waals surface area contributed by atoms with Gasteiger partial charge in [-0.3, -0.25) is 9.59 Å². The van der Waals surface area contributed by atoms with Gasteiger partial charge >= 0.3 is 0 Å². The summed E-state index contributed by atoms with van der Waals surface area (Å²) in [7, 11) is 3.41. The van der Waals surface area contributed by atoms with Crippen LogP contribution < -0.4 is 10.6 Å². The zero-order valence-electron chi connectivity index (χ0n) is 12.7. The molecule has 114 valence electrons. The minimum absolute atomic E-state index is 0.0253. The first kappa shape index (κ1) is 15.5. The van der Waals surface area contributed by atoms with E-state index in [2.05, 4.69) is 10.6 Å². The summed E-state index contributed by atoms with van der Waals surface area (Å²) in [6.45, 7) is 1.93. The number of nitrogens with zero attached hydrogens (tertiary/aromatic N) is 1. The molecular formula is C16H23N3O2. The minimum Gasteiger partial charge on any atom is -0.345 e.